The van der Waals surface area contributed by atoms with Crippen LogP contribution in [-0.4, -0.2) is 29.9 Å². The molecule has 2 N–H and O–H groups in total. The molecule has 5 heteroatoms. The molecule has 0 unspecified atom stereocenters. The van der Waals surface area contributed by atoms with E-state index in [9.17, 15) is 9.59 Å². The Morgan fingerprint density at radius 1 is 1.00 bits per heavy atom. The first-order valence-corrected chi connectivity index (χ1v) is 6.81. The van der Waals surface area contributed by atoms with Crippen molar-refractivity contribution in [3.8, 4) is 0 Å². The SMILES string of the molecule is O=C(NNC(=O)N1CCCCC1)C1=CCCCC1. The summed E-state index contributed by atoms with van der Waals surface area (Å²) in [5.74, 6) is -0.167. The number of hydrogen-bond donors (Lipinski definition) is 2. The zero-order valence-corrected chi connectivity index (χ0v) is 10.7. The largest absolute Gasteiger partial charge is 0.336 e. The van der Waals surface area contributed by atoms with Crippen LogP contribution in [-0.2, 0) is 4.79 Å². The van der Waals surface area contributed by atoms with Crippen molar-refractivity contribution >= 4 is 11.9 Å². The highest BCUT2D eigenvalue weighted by Gasteiger charge is 2.18. The molecule has 2 aliphatic rings. The van der Waals surface area contributed by atoms with Gasteiger partial charge in [-0.15, -0.1) is 0 Å². The average molecular weight is 251 g/mol. The second kappa shape index (κ2) is 6.42. The Morgan fingerprint density at radius 2 is 1.78 bits per heavy atom. The first-order valence-electron chi connectivity index (χ1n) is 6.81. The van der Waals surface area contributed by atoms with Gasteiger partial charge in [0.2, 0.25) is 0 Å². The van der Waals surface area contributed by atoms with Crippen molar-refractivity contribution in [1.82, 2.24) is 15.8 Å². The number of allylic oxidation sites excluding steroid dienone is 1. The minimum absolute atomic E-state index is 0.167. The highest BCUT2D eigenvalue weighted by Crippen LogP contribution is 2.16. The molecular weight excluding hydrogens is 230 g/mol. The van der Waals surface area contributed by atoms with Crippen LogP contribution in [0.4, 0.5) is 4.79 Å². The highest BCUT2D eigenvalue weighted by atomic mass is 16.2. The number of amides is 3. The second-order valence-electron chi connectivity index (χ2n) is 4.91. The van der Waals surface area contributed by atoms with Crippen LogP contribution in [0.5, 0.6) is 0 Å². The van der Waals surface area contributed by atoms with Crippen molar-refractivity contribution in [2.45, 2.75) is 44.9 Å². The molecule has 0 atom stereocenters. The molecule has 100 valence electrons. The monoisotopic (exact) mass is 251 g/mol. The first kappa shape index (κ1) is 12.9. The molecule has 0 saturated carbocycles. The molecule has 3 amide bonds. The van der Waals surface area contributed by atoms with Crippen LogP contribution in [0.15, 0.2) is 11.6 Å². The summed E-state index contributed by atoms with van der Waals surface area (Å²) in [4.78, 5) is 25.3. The van der Waals surface area contributed by atoms with E-state index in [4.69, 9.17) is 0 Å². The fourth-order valence-electron chi connectivity index (χ4n) is 2.41. The minimum Gasteiger partial charge on any atom is -0.323 e. The second-order valence-corrected chi connectivity index (χ2v) is 4.91. The normalized spacial score (nSPS) is 20.0. The summed E-state index contributed by atoms with van der Waals surface area (Å²) in [7, 11) is 0. The summed E-state index contributed by atoms with van der Waals surface area (Å²) in [6.07, 6.45) is 9.22. The predicted molar refractivity (Wildman–Crippen MR) is 68.6 cm³/mol. The van der Waals surface area contributed by atoms with Gasteiger partial charge in [0.15, 0.2) is 0 Å². The quantitative estimate of drug-likeness (QED) is 0.697. The third kappa shape index (κ3) is 3.48. The van der Waals surface area contributed by atoms with Crippen molar-refractivity contribution < 1.29 is 9.59 Å². The summed E-state index contributed by atoms with van der Waals surface area (Å²) in [6.45, 7) is 1.56. The molecule has 1 aliphatic heterocycles. The van der Waals surface area contributed by atoms with E-state index in [0.717, 1.165) is 57.2 Å². The van der Waals surface area contributed by atoms with Gasteiger partial charge in [0.05, 0.1) is 0 Å². The van der Waals surface area contributed by atoms with Crippen molar-refractivity contribution in [1.29, 1.82) is 0 Å². The van der Waals surface area contributed by atoms with Gasteiger partial charge in [-0.3, -0.25) is 10.2 Å². The summed E-state index contributed by atoms with van der Waals surface area (Å²) in [6, 6.07) is -0.195. The van der Waals surface area contributed by atoms with E-state index >= 15 is 0 Å². The number of carbonyl (C=O) groups excluding carboxylic acids is 2. The number of urea groups is 1. The fourth-order valence-corrected chi connectivity index (χ4v) is 2.41. The molecule has 18 heavy (non-hydrogen) atoms. The van der Waals surface area contributed by atoms with E-state index < -0.39 is 0 Å². The van der Waals surface area contributed by atoms with Crippen molar-refractivity contribution in [2.75, 3.05) is 13.1 Å². The van der Waals surface area contributed by atoms with Gasteiger partial charge in [-0.25, -0.2) is 10.2 Å². The molecule has 0 aromatic heterocycles. The van der Waals surface area contributed by atoms with E-state index in [1.54, 1.807) is 4.90 Å². The van der Waals surface area contributed by atoms with Crippen LogP contribution in [0.2, 0.25) is 0 Å². The molecule has 0 radical (unpaired) electrons. The number of carbonyl (C=O) groups is 2. The summed E-state index contributed by atoms with van der Waals surface area (Å²) >= 11 is 0. The predicted octanol–water partition coefficient (Wildman–Crippen LogP) is 1.71. The Hall–Kier alpha value is -1.52. The van der Waals surface area contributed by atoms with Gasteiger partial charge in [-0.2, -0.15) is 0 Å². The van der Waals surface area contributed by atoms with E-state index in [1.165, 1.54) is 6.42 Å². The van der Waals surface area contributed by atoms with Gasteiger partial charge in [0.25, 0.3) is 5.91 Å². The summed E-state index contributed by atoms with van der Waals surface area (Å²) < 4.78 is 0. The molecule has 2 rings (SSSR count). The van der Waals surface area contributed by atoms with Gasteiger partial charge in [-0.1, -0.05) is 6.08 Å². The Labute approximate surface area is 108 Å². The molecule has 0 bridgehead atoms. The van der Waals surface area contributed by atoms with E-state index in [0.29, 0.717) is 0 Å². The number of nitrogens with zero attached hydrogens (tertiary/aromatic N) is 1. The lowest BCUT2D eigenvalue weighted by Crippen LogP contribution is -2.50. The van der Waals surface area contributed by atoms with Crippen molar-refractivity contribution in [2.24, 2.45) is 0 Å². The Balaban J connectivity index is 1.74. The fraction of sp³-hybridized carbons (Fsp3) is 0.692. The van der Waals surface area contributed by atoms with Crippen molar-refractivity contribution in [3.05, 3.63) is 11.6 Å². The van der Waals surface area contributed by atoms with Crippen molar-refractivity contribution in [3.63, 3.8) is 0 Å². The van der Waals surface area contributed by atoms with Gasteiger partial charge < -0.3 is 4.90 Å². The lowest BCUT2D eigenvalue weighted by Gasteiger charge is -2.26. The highest BCUT2D eigenvalue weighted by molar-refractivity contribution is 5.94. The molecule has 1 saturated heterocycles. The standard InChI is InChI=1S/C13H21N3O2/c17-12(11-7-3-1-4-8-11)14-15-13(18)16-9-5-2-6-10-16/h7H,1-6,8-10H2,(H,14,17)(H,15,18). The van der Waals surface area contributed by atoms with E-state index in [1.807, 2.05) is 6.08 Å². The zero-order chi connectivity index (χ0) is 12.8. The molecule has 1 heterocycles. The van der Waals surface area contributed by atoms with Crippen LogP contribution >= 0.6 is 0 Å². The van der Waals surface area contributed by atoms with Gasteiger partial charge in [-0.05, 0) is 44.9 Å². The van der Waals surface area contributed by atoms with Crippen LogP contribution in [0.25, 0.3) is 0 Å². The molecule has 0 aromatic rings. The van der Waals surface area contributed by atoms with Crippen LogP contribution < -0.4 is 10.9 Å². The van der Waals surface area contributed by atoms with E-state index in [2.05, 4.69) is 10.9 Å². The average Bonchev–Trinajstić information content (AvgIpc) is 2.46. The summed E-state index contributed by atoms with van der Waals surface area (Å²) in [5.41, 5.74) is 5.79. The lowest BCUT2D eigenvalue weighted by atomic mass is 9.99. The molecular formula is C13H21N3O2. The van der Waals surface area contributed by atoms with E-state index in [-0.39, 0.29) is 11.9 Å². The maximum absolute atomic E-state index is 11.8. The topological polar surface area (TPSA) is 61.4 Å². The molecule has 0 spiro atoms. The number of rotatable bonds is 1. The summed E-state index contributed by atoms with van der Waals surface area (Å²) in [5, 5.41) is 0. The Kier molecular flexibility index (Phi) is 4.61. The van der Waals surface area contributed by atoms with Crippen LogP contribution in [0, 0.1) is 0 Å². The van der Waals surface area contributed by atoms with Gasteiger partial charge in [0, 0.05) is 18.7 Å². The van der Waals surface area contributed by atoms with Crippen LogP contribution in [0.1, 0.15) is 44.9 Å². The number of nitrogens with one attached hydrogen (secondary N) is 2. The molecule has 1 aliphatic carbocycles. The molecule has 5 nitrogen and oxygen atoms in total. The Morgan fingerprint density at radius 3 is 2.44 bits per heavy atom. The Bertz CT molecular complexity index is 346. The maximum Gasteiger partial charge on any atom is 0.336 e. The minimum atomic E-state index is -0.195. The number of piperidine rings is 1. The third-order valence-electron chi connectivity index (χ3n) is 3.51. The lowest BCUT2D eigenvalue weighted by molar-refractivity contribution is -0.118. The van der Waals surface area contributed by atoms with Gasteiger partial charge in [0.1, 0.15) is 0 Å². The number of hydrazine groups is 1. The smallest absolute Gasteiger partial charge is 0.323 e. The molecule has 0 aromatic carbocycles. The first-order chi connectivity index (χ1) is 8.77. The molecule has 1 fully saturated rings. The number of likely N-dealkylation sites (tertiary alicyclic amines) is 1. The maximum atomic E-state index is 11.8. The number of hydrogen-bond acceptors (Lipinski definition) is 2. The van der Waals surface area contributed by atoms with Gasteiger partial charge >= 0.3 is 6.03 Å². The third-order valence-corrected chi connectivity index (χ3v) is 3.51. The zero-order valence-electron chi connectivity index (χ0n) is 10.7. The van der Waals surface area contributed by atoms with Crippen LogP contribution in [0.3, 0.4) is 0 Å².